The molecule has 3 aromatic rings. The zero-order valence-electron chi connectivity index (χ0n) is 18.7. The molecule has 0 saturated carbocycles. The highest BCUT2D eigenvalue weighted by molar-refractivity contribution is 7.99. The molecule has 1 aromatic carbocycles. The summed E-state index contributed by atoms with van der Waals surface area (Å²) < 4.78 is 1.88. The molecule has 31 heavy (non-hydrogen) atoms. The summed E-state index contributed by atoms with van der Waals surface area (Å²) >= 11 is 1.67. The lowest BCUT2D eigenvalue weighted by molar-refractivity contribution is 0.0952. The number of anilines is 1. The van der Waals surface area contributed by atoms with E-state index in [1.54, 1.807) is 11.8 Å². The molecule has 1 aliphatic rings. The first-order valence-corrected chi connectivity index (χ1v) is 11.8. The number of amides is 1. The Balaban J connectivity index is 1.52. The maximum absolute atomic E-state index is 12.5. The van der Waals surface area contributed by atoms with Gasteiger partial charge < -0.3 is 10.2 Å². The predicted octanol–water partition coefficient (Wildman–Crippen LogP) is 3.97. The van der Waals surface area contributed by atoms with E-state index in [1.807, 2.05) is 42.9 Å². The number of carbonyl (C=O) groups excluding carboxylic acids is 1. The molecule has 1 fully saturated rings. The minimum absolute atomic E-state index is 0.0667. The second-order valence-corrected chi connectivity index (χ2v) is 9.89. The van der Waals surface area contributed by atoms with Gasteiger partial charge in [-0.05, 0) is 49.9 Å². The summed E-state index contributed by atoms with van der Waals surface area (Å²) in [6.07, 6.45) is 4.24. The zero-order valence-corrected chi connectivity index (χ0v) is 19.5. The molecule has 1 N–H and O–H groups in total. The van der Waals surface area contributed by atoms with Crippen molar-refractivity contribution >= 4 is 34.5 Å². The predicted molar refractivity (Wildman–Crippen MR) is 126 cm³/mol. The van der Waals surface area contributed by atoms with Crippen LogP contribution in [0.15, 0.2) is 29.6 Å². The number of hydrogen-bond donors (Lipinski definition) is 1. The second kappa shape index (κ2) is 9.26. The number of hydrogen-bond acceptors (Lipinski definition) is 6. The Labute approximate surface area is 187 Å². The van der Waals surface area contributed by atoms with Gasteiger partial charge in [0.2, 0.25) is 0 Å². The number of aryl methyl sites for hydroxylation is 2. The molecular weight excluding hydrogens is 408 g/mol. The van der Waals surface area contributed by atoms with Gasteiger partial charge in [-0.2, -0.15) is 5.10 Å². The number of nitrogens with one attached hydrogen (secondary N) is 1. The Kier molecular flexibility index (Phi) is 6.46. The fourth-order valence-electron chi connectivity index (χ4n) is 3.78. The lowest BCUT2D eigenvalue weighted by Gasteiger charge is -2.18. The molecule has 164 valence electrons. The molecule has 0 atom stereocenters. The van der Waals surface area contributed by atoms with Crippen LogP contribution in [0.2, 0.25) is 0 Å². The van der Waals surface area contributed by atoms with Crippen molar-refractivity contribution in [1.29, 1.82) is 0 Å². The van der Waals surface area contributed by atoms with Gasteiger partial charge in [0.25, 0.3) is 5.91 Å². The first-order chi connectivity index (χ1) is 14.9. The summed E-state index contributed by atoms with van der Waals surface area (Å²) in [4.78, 5) is 24.5. The van der Waals surface area contributed by atoms with Crippen molar-refractivity contribution in [2.24, 2.45) is 0 Å². The third kappa shape index (κ3) is 4.84. The highest BCUT2D eigenvalue weighted by Crippen LogP contribution is 2.30. The van der Waals surface area contributed by atoms with Crippen LogP contribution in [0.3, 0.4) is 0 Å². The molecule has 7 nitrogen and oxygen atoms in total. The molecule has 1 saturated heterocycles. The third-order valence-corrected chi connectivity index (χ3v) is 6.45. The first-order valence-electron chi connectivity index (χ1n) is 10.9. The number of fused-ring (bicyclic) bond motifs is 1. The van der Waals surface area contributed by atoms with E-state index in [0.29, 0.717) is 23.9 Å². The minimum Gasteiger partial charge on any atom is -0.356 e. The van der Waals surface area contributed by atoms with Crippen molar-refractivity contribution in [2.75, 3.05) is 24.5 Å². The Morgan fingerprint density at radius 1 is 1.16 bits per heavy atom. The summed E-state index contributed by atoms with van der Waals surface area (Å²) in [5, 5.41) is 9.74. The van der Waals surface area contributed by atoms with Crippen LogP contribution in [0.1, 0.15) is 48.2 Å². The Hall–Kier alpha value is -2.61. The largest absolute Gasteiger partial charge is 0.356 e. The highest BCUT2D eigenvalue weighted by Gasteiger charge is 2.21. The molecule has 0 spiro atoms. The van der Waals surface area contributed by atoms with E-state index in [9.17, 15) is 4.79 Å². The van der Waals surface area contributed by atoms with Gasteiger partial charge in [0, 0.05) is 30.4 Å². The summed E-state index contributed by atoms with van der Waals surface area (Å²) in [7, 11) is 0. The van der Waals surface area contributed by atoms with Crippen LogP contribution in [-0.2, 0) is 6.54 Å². The van der Waals surface area contributed by atoms with E-state index in [1.165, 1.54) is 18.4 Å². The van der Waals surface area contributed by atoms with Crippen LogP contribution in [0, 0.1) is 13.8 Å². The lowest BCUT2D eigenvalue weighted by Crippen LogP contribution is -2.27. The van der Waals surface area contributed by atoms with Crippen molar-refractivity contribution in [3.05, 3.63) is 41.1 Å². The van der Waals surface area contributed by atoms with E-state index >= 15 is 0 Å². The number of benzene rings is 1. The highest BCUT2D eigenvalue weighted by atomic mass is 32.2. The number of rotatable bonds is 7. The van der Waals surface area contributed by atoms with Crippen molar-refractivity contribution < 1.29 is 4.79 Å². The maximum atomic E-state index is 12.5. The van der Waals surface area contributed by atoms with E-state index in [4.69, 9.17) is 9.97 Å². The van der Waals surface area contributed by atoms with Crippen molar-refractivity contribution in [2.45, 2.75) is 57.5 Å². The molecule has 2 aromatic heterocycles. The van der Waals surface area contributed by atoms with Gasteiger partial charge >= 0.3 is 0 Å². The Morgan fingerprint density at radius 3 is 2.65 bits per heavy atom. The monoisotopic (exact) mass is 438 g/mol. The van der Waals surface area contributed by atoms with Gasteiger partial charge in [-0.25, -0.2) is 14.6 Å². The molecular formula is C23H30N6OS. The fraction of sp³-hybridized carbons (Fsp3) is 0.478. The molecule has 4 rings (SSSR count). The molecule has 0 radical (unpaired) electrons. The molecule has 1 aliphatic heterocycles. The minimum atomic E-state index is -0.0667. The van der Waals surface area contributed by atoms with Crippen LogP contribution < -0.4 is 10.2 Å². The van der Waals surface area contributed by atoms with Crippen molar-refractivity contribution in [1.82, 2.24) is 25.1 Å². The van der Waals surface area contributed by atoms with Gasteiger partial charge in [0.1, 0.15) is 5.82 Å². The topological polar surface area (TPSA) is 75.9 Å². The first kappa shape index (κ1) is 21.6. The summed E-state index contributed by atoms with van der Waals surface area (Å²) in [6.45, 7) is 11.4. The molecule has 0 bridgehead atoms. The lowest BCUT2D eigenvalue weighted by atomic mass is 10.1. The number of carbonyl (C=O) groups is 1. The van der Waals surface area contributed by atoms with Gasteiger partial charge in [0.05, 0.1) is 18.1 Å². The SMILES string of the molecule is Cc1ccc(C(=O)NCCn2ncc3c(N4CCCC4)nc(SC(C)C)nc32)cc1C. The smallest absolute Gasteiger partial charge is 0.251 e. The van der Waals surface area contributed by atoms with Crippen LogP contribution in [0.4, 0.5) is 5.82 Å². The van der Waals surface area contributed by atoms with Gasteiger partial charge in [-0.1, -0.05) is 31.7 Å². The fourth-order valence-corrected chi connectivity index (χ4v) is 4.48. The Morgan fingerprint density at radius 2 is 1.94 bits per heavy atom. The van der Waals surface area contributed by atoms with Crippen LogP contribution in [-0.4, -0.2) is 50.5 Å². The Bertz CT molecular complexity index is 1090. The van der Waals surface area contributed by atoms with Crippen LogP contribution >= 0.6 is 11.8 Å². The van der Waals surface area contributed by atoms with Crippen LogP contribution in [0.5, 0.6) is 0 Å². The summed E-state index contributed by atoms with van der Waals surface area (Å²) in [5.41, 5.74) is 3.82. The number of aromatic nitrogens is 4. The van der Waals surface area contributed by atoms with Gasteiger partial charge in [0.15, 0.2) is 10.8 Å². The molecule has 8 heteroatoms. The normalized spacial score (nSPS) is 14.0. The van der Waals surface area contributed by atoms with E-state index in [-0.39, 0.29) is 5.91 Å². The summed E-state index contributed by atoms with van der Waals surface area (Å²) in [5.74, 6) is 0.916. The average molecular weight is 439 g/mol. The van der Waals surface area contributed by atoms with E-state index in [2.05, 4.69) is 29.2 Å². The molecule has 0 unspecified atom stereocenters. The standard InChI is InChI=1S/C23H30N6OS/c1-15(2)31-23-26-20(28-10-5-6-11-28)19-14-25-29(21(19)27-23)12-9-24-22(30)18-8-7-16(3)17(4)13-18/h7-8,13-15H,5-6,9-12H2,1-4H3,(H,24,30). The zero-order chi connectivity index (χ0) is 22.0. The summed E-state index contributed by atoms with van der Waals surface area (Å²) in [6, 6.07) is 5.78. The number of thioether (sulfide) groups is 1. The molecule has 0 aliphatic carbocycles. The van der Waals surface area contributed by atoms with Crippen molar-refractivity contribution in [3.63, 3.8) is 0 Å². The van der Waals surface area contributed by atoms with Gasteiger partial charge in [-0.15, -0.1) is 0 Å². The van der Waals surface area contributed by atoms with Crippen molar-refractivity contribution in [3.8, 4) is 0 Å². The van der Waals surface area contributed by atoms with Crippen LogP contribution in [0.25, 0.3) is 11.0 Å². The van der Waals surface area contributed by atoms with E-state index < -0.39 is 0 Å². The third-order valence-electron chi connectivity index (χ3n) is 5.58. The molecule has 1 amide bonds. The maximum Gasteiger partial charge on any atom is 0.251 e. The second-order valence-electron chi connectivity index (χ2n) is 8.35. The quantitative estimate of drug-likeness (QED) is 0.444. The van der Waals surface area contributed by atoms with Gasteiger partial charge in [-0.3, -0.25) is 4.79 Å². The number of nitrogens with zero attached hydrogens (tertiary/aromatic N) is 5. The average Bonchev–Trinajstić information content (AvgIpc) is 3.39. The molecule has 3 heterocycles. The van der Waals surface area contributed by atoms with E-state index in [0.717, 1.165) is 40.7 Å².